The quantitative estimate of drug-likeness (QED) is 0.356. The van der Waals surface area contributed by atoms with Gasteiger partial charge in [-0.25, -0.2) is 0 Å². The van der Waals surface area contributed by atoms with Crippen molar-refractivity contribution in [2.75, 3.05) is 18.5 Å². The maximum atomic E-state index is 12.0. The third-order valence-electron chi connectivity index (χ3n) is 2.53. The number of piperazine rings is 1. The SMILES string of the molecule is NNc1ccc(C(=O)N2CC(=O)NC(=O)C2)cc1. The molecule has 0 aromatic heterocycles. The molecule has 2 rings (SSSR count). The number of nitrogens with two attached hydrogens (primary N) is 1. The first-order valence-electron chi connectivity index (χ1n) is 5.29. The zero-order chi connectivity index (χ0) is 13.1. The van der Waals surface area contributed by atoms with E-state index in [1.54, 1.807) is 24.3 Å². The third-order valence-corrected chi connectivity index (χ3v) is 2.53. The lowest BCUT2D eigenvalue weighted by Gasteiger charge is -2.25. The summed E-state index contributed by atoms with van der Waals surface area (Å²) < 4.78 is 0. The van der Waals surface area contributed by atoms with E-state index < -0.39 is 11.8 Å². The number of nitrogen functional groups attached to an aromatic ring is 1. The van der Waals surface area contributed by atoms with Crippen LogP contribution in [0.4, 0.5) is 5.69 Å². The molecule has 1 heterocycles. The zero-order valence-electron chi connectivity index (χ0n) is 9.47. The molecule has 18 heavy (non-hydrogen) atoms. The summed E-state index contributed by atoms with van der Waals surface area (Å²) in [4.78, 5) is 35.6. The zero-order valence-corrected chi connectivity index (χ0v) is 9.47. The molecule has 0 spiro atoms. The lowest BCUT2D eigenvalue weighted by Crippen LogP contribution is -2.53. The van der Waals surface area contributed by atoms with Gasteiger partial charge in [0.05, 0.1) is 0 Å². The molecule has 1 saturated heterocycles. The second kappa shape index (κ2) is 4.84. The predicted octanol–water partition coefficient (Wildman–Crippen LogP) is -0.929. The Hall–Kier alpha value is -2.41. The van der Waals surface area contributed by atoms with Gasteiger partial charge in [-0.15, -0.1) is 0 Å². The molecule has 1 aliphatic heterocycles. The van der Waals surface area contributed by atoms with Crippen LogP contribution in [0.3, 0.4) is 0 Å². The molecule has 94 valence electrons. The summed E-state index contributed by atoms with van der Waals surface area (Å²) >= 11 is 0. The molecule has 1 aromatic rings. The van der Waals surface area contributed by atoms with Gasteiger partial charge in [0, 0.05) is 11.3 Å². The molecular weight excluding hydrogens is 236 g/mol. The number of amides is 3. The van der Waals surface area contributed by atoms with Crippen LogP contribution < -0.4 is 16.6 Å². The molecule has 1 aromatic carbocycles. The molecular formula is C11H12N4O3. The summed E-state index contributed by atoms with van der Waals surface area (Å²) in [6, 6.07) is 6.43. The molecule has 1 fully saturated rings. The Morgan fingerprint density at radius 2 is 1.72 bits per heavy atom. The van der Waals surface area contributed by atoms with Crippen LogP contribution in [0.2, 0.25) is 0 Å². The van der Waals surface area contributed by atoms with Crippen molar-refractivity contribution >= 4 is 23.4 Å². The van der Waals surface area contributed by atoms with Crippen LogP contribution in [0.15, 0.2) is 24.3 Å². The van der Waals surface area contributed by atoms with Gasteiger partial charge in [0.15, 0.2) is 0 Å². The molecule has 4 N–H and O–H groups in total. The fraction of sp³-hybridized carbons (Fsp3) is 0.182. The van der Waals surface area contributed by atoms with E-state index in [1.165, 1.54) is 4.90 Å². The van der Waals surface area contributed by atoms with Crippen LogP contribution in [0, 0.1) is 0 Å². The highest BCUT2D eigenvalue weighted by Crippen LogP contribution is 2.11. The number of benzene rings is 1. The van der Waals surface area contributed by atoms with Crippen molar-refractivity contribution in [1.82, 2.24) is 10.2 Å². The third kappa shape index (κ3) is 2.46. The molecule has 0 radical (unpaired) electrons. The number of nitrogens with one attached hydrogen (secondary N) is 2. The molecule has 1 aliphatic rings. The van der Waals surface area contributed by atoms with Crippen LogP contribution in [-0.4, -0.2) is 35.7 Å². The average Bonchev–Trinajstić information content (AvgIpc) is 2.37. The van der Waals surface area contributed by atoms with Crippen molar-refractivity contribution in [3.05, 3.63) is 29.8 Å². The standard InChI is InChI=1S/C11H12N4O3/c12-14-8-3-1-7(2-4-8)11(18)15-5-9(16)13-10(17)6-15/h1-4,14H,5-6,12H2,(H,13,16,17). The number of nitrogens with zero attached hydrogens (tertiary/aromatic N) is 1. The van der Waals surface area contributed by atoms with Crippen LogP contribution in [0.5, 0.6) is 0 Å². The monoisotopic (exact) mass is 248 g/mol. The second-order valence-electron chi connectivity index (χ2n) is 3.85. The lowest BCUT2D eigenvalue weighted by atomic mass is 10.1. The van der Waals surface area contributed by atoms with Crippen molar-refractivity contribution in [2.45, 2.75) is 0 Å². The Morgan fingerprint density at radius 1 is 1.17 bits per heavy atom. The van der Waals surface area contributed by atoms with Crippen LogP contribution in [0.1, 0.15) is 10.4 Å². The Labute approximate surface area is 103 Å². The van der Waals surface area contributed by atoms with E-state index >= 15 is 0 Å². The van der Waals surface area contributed by atoms with E-state index in [0.29, 0.717) is 11.3 Å². The number of hydrogen-bond donors (Lipinski definition) is 3. The minimum atomic E-state index is -0.472. The van der Waals surface area contributed by atoms with Crippen molar-refractivity contribution in [3.63, 3.8) is 0 Å². The van der Waals surface area contributed by atoms with E-state index in [9.17, 15) is 14.4 Å². The Kier molecular flexibility index (Phi) is 3.24. The number of anilines is 1. The molecule has 0 atom stereocenters. The van der Waals surface area contributed by atoms with Gasteiger partial charge < -0.3 is 10.3 Å². The molecule has 0 unspecified atom stereocenters. The molecule has 0 aliphatic carbocycles. The van der Waals surface area contributed by atoms with Gasteiger partial charge in [0.25, 0.3) is 5.91 Å². The first-order chi connectivity index (χ1) is 8.60. The smallest absolute Gasteiger partial charge is 0.254 e. The highest BCUT2D eigenvalue weighted by atomic mass is 16.2. The predicted molar refractivity (Wildman–Crippen MR) is 63.3 cm³/mol. The van der Waals surface area contributed by atoms with Gasteiger partial charge in [-0.05, 0) is 24.3 Å². The Balaban J connectivity index is 2.14. The molecule has 0 saturated carbocycles. The Morgan fingerprint density at radius 3 is 2.22 bits per heavy atom. The van der Waals surface area contributed by atoms with Gasteiger partial charge in [-0.2, -0.15) is 0 Å². The first-order valence-corrected chi connectivity index (χ1v) is 5.29. The van der Waals surface area contributed by atoms with E-state index in [0.717, 1.165) is 0 Å². The maximum absolute atomic E-state index is 12.0. The summed E-state index contributed by atoms with van der Waals surface area (Å²) in [5.41, 5.74) is 3.51. The first kappa shape index (κ1) is 12.1. The van der Waals surface area contributed by atoms with Gasteiger partial charge in [-0.3, -0.25) is 25.5 Å². The maximum Gasteiger partial charge on any atom is 0.254 e. The van der Waals surface area contributed by atoms with Crippen molar-refractivity contribution in [1.29, 1.82) is 0 Å². The summed E-state index contributed by atoms with van der Waals surface area (Å²) in [5.74, 6) is 3.91. The summed E-state index contributed by atoms with van der Waals surface area (Å²) in [7, 11) is 0. The van der Waals surface area contributed by atoms with Crippen molar-refractivity contribution < 1.29 is 14.4 Å². The number of hydrogen-bond acceptors (Lipinski definition) is 5. The molecule has 7 nitrogen and oxygen atoms in total. The lowest BCUT2D eigenvalue weighted by molar-refractivity contribution is -0.135. The normalized spacial score (nSPS) is 15.3. The number of hydrazine groups is 1. The van der Waals surface area contributed by atoms with Crippen molar-refractivity contribution in [3.8, 4) is 0 Å². The van der Waals surface area contributed by atoms with E-state index in [-0.39, 0.29) is 19.0 Å². The largest absolute Gasteiger partial charge is 0.324 e. The van der Waals surface area contributed by atoms with Crippen LogP contribution in [0.25, 0.3) is 0 Å². The number of imide groups is 1. The highest BCUT2D eigenvalue weighted by molar-refractivity contribution is 6.05. The fourth-order valence-corrected chi connectivity index (χ4v) is 1.67. The molecule has 3 amide bonds. The van der Waals surface area contributed by atoms with Gasteiger partial charge >= 0.3 is 0 Å². The summed E-state index contributed by atoms with van der Waals surface area (Å²) in [6.07, 6.45) is 0. The summed E-state index contributed by atoms with van der Waals surface area (Å²) in [6.45, 7) is -0.219. The Bertz CT molecular complexity index is 482. The minimum Gasteiger partial charge on any atom is -0.324 e. The van der Waals surface area contributed by atoms with Gasteiger partial charge in [0.1, 0.15) is 13.1 Å². The number of carbonyl (C=O) groups excluding carboxylic acids is 3. The van der Waals surface area contributed by atoms with E-state index in [1.807, 2.05) is 0 Å². The van der Waals surface area contributed by atoms with Gasteiger partial charge in [-0.1, -0.05) is 0 Å². The van der Waals surface area contributed by atoms with Crippen LogP contribution in [-0.2, 0) is 9.59 Å². The van der Waals surface area contributed by atoms with E-state index in [2.05, 4.69) is 10.7 Å². The summed E-state index contributed by atoms with van der Waals surface area (Å²) in [5, 5.41) is 2.14. The highest BCUT2D eigenvalue weighted by Gasteiger charge is 2.26. The molecule has 0 bridgehead atoms. The molecule has 7 heteroatoms. The second-order valence-corrected chi connectivity index (χ2v) is 3.85. The minimum absolute atomic E-state index is 0.110. The van der Waals surface area contributed by atoms with Crippen molar-refractivity contribution in [2.24, 2.45) is 5.84 Å². The van der Waals surface area contributed by atoms with Gasteiger partial charge in [0.2, 0.25) is 11.8 Å². The van der Waals surface area contributed by atoms with E-state index in [4.69, 9.17) is 5.84 Å². The topological polar surface area (TPSA) is 105 Å². The fourth-order valence-electron chi connectivity index (χ4n) is 1.67. The number of carbonyl (C=O) groups is 3. The number of rotatable bonds is 2. The average molecular weight is 248 g/mol. The van der Waals surface area contributed by atoms with Crippen LogP contribution >= 0.6 is 0 Å².